The van der Waals surface area contributed by atoms with Crippen LogP contribution in [0.5, 0.6) is 0 Å². The largest absolute Gasteiger partial charge is 0.465 e. The molecule has 0 saturated carbocycles. The zero-order valence-electron chi connectivity index (χ0n) is 10.5. The minimum absolute atomic E-state index is 0.206. The van der Waals surface area contributed by atoms with Crippen LogP contribution >= 0.6 is 0 Å². The number of carbonyl (C=O) groups is 2. The summed E-state index contributed by atoms with van der Waals surface area (Å²) in [6.07, 6.45) is 2.87. The zero-order valence-corrected chi connectivity index (χ0v) is 10.5. The van der Waals surface area contributed by atoms with Crippen molar-refractivity contribution in [1.82, 2.24) is 10.3 Å². The average molecular weight is 262 g/mol. The number of nitrogens with zero attached hydrogens (tertiary/aromatic N) is 1. The van der Waals surface area contributed by atoms with E-state index in [4.69, 9.17) is 9.84 Å². The summed E-state index contributed by atoms with van der Waals surface area (Å²) < 4.78 is 4.70. The molecule has 0 fully saturated rings. The molecule has 1 aromatic rings. The minimum atomic E-state index is -0.507. The number of pyridine rings is 1. The number of hydrogen-bond acceptors (Lipinski definition) is 5. The van der Waals surface area contributed by atoms with Crippen molar-refractivity contribution in [2.24, 2.45) is 0 Å². The molecule has 0 aromatic carbocycles. The van der Waals surface area contributed by atoms with Crippen LogP contribution in [0.2, 0.25) is 0 Å². The maximum Gasteiger partial charge on any atom is 0.325 e. The van der Waals surface area contributed by atoms with Crippen LogP contribution in [0.3, 0.4) is 0 Å². The van der Waals surface area contributed by atoms with Gasteiger partial charge in [0, 0.05) is 12.4 Å². The van der Waals surface area contributed by atoms with Crippen LogP contribution in [0.25, 0.3) is 0 Å². The second-order valence-electron chi connectivity index (χ2n) is 3.37. The Kier molecular flexibility index (Phi) is 6.06. The lowest BCUT2D eigenvalue weighted by Crippen LogP contribution is -2.31. The van der Waals surface area contributed by atoms with Crippen LogP contribution in [-0.4, -0.2) is 41.7 Å². The van der Waals surface area contributed by atoms with E-state index in [1.54, 1.807) is 6.92 Å². The van der Waals surface area contributed by atoms with Gasteiger partial charge in [-0.05, 0) is 13.0 Å². The first-order valence-electron chi connectivity index (χ1n) is 5.66. The van der Waals surface area contributed by atoms with Gasteiger partial charge in [0.2, 0.25) is 0 Å². The number of aliphatic hydroxyl groups is 1. The van der Waals surface area contributed by atoms with E-state index in [2.05, 4.69) is 22.1 Å². The van der Waals surface area contributed by atoms with E-state index in [1.165, 1.54) is 18.5 Å². The van der Waals surface area contributed by atoms with Crippen LogP contribution in [0.15, 0.2) is 18.5 Å². The summed E-state index contributed by atoms with van der Waals surface area (Å²) in [7, 11) is 0. The molecule has 6 nitrogen and oxygen atoms in total. The molecule has 0 atom stereocenters. The maximum absolute atomic E-state index is 11.9. The van der Waals surface area contributed by atoms with E-state index in [9.17, 15) is 9.59 Å². The molecule has 1 aromatic heterocycles. The monoisotopic (exact) mass is 262 g/mol. The van der Waals surface area contributed by atoms with Crippen molar-refractivity contribution < 1.29 is 19.4 Å². The number of rotatable bonds is 4. The van der Waals surface area contributed by atoms with Crippen molar-refractivity contribution in [3.05, 3.63) is 29.6 Å². The standard InChI is InChI=1S/C13H14N2O4/c1-2-19-12(17)9-15-13(18)11-5-6-14-8-10(11)4-3-7-16/h5-6,8,16H,2,7,9H2,1H3,(H,15,18). The molecule has 0 radical (unpaired) electrons. The third-order valence-electron chi connectivity index (χ3n) is 2.07. The van der Waals surface area contributed by atoms with Gasteiger partial charge in [-0.2, -0.15) is 0 Å². The highest BCUT2D eigenvalue weighted by molar-refractivity contribution is 5.98. The topological polar surface area (TPSA) is 88.5 Å². The fourth-order valence-electron chi connectivity index (χ4n) is 1.29. The summed E-state index contributed by atoms with van der Waals surface area (Å²) in [6.45, 7) is 1.43. The van der Waals surface area contributed by atoms with E-state index < -0.39 is 11.9 Å². The third-order valence-corrected chi connectivity index (χ3v) is 2.07. The number of amides is 1. The number of carbonyl (C=O) groups excluding carboxylic acids is 2. The van der Waals surface area contributed by atoms with E-state index >= 15 is 0 Å². The molecule has 0 bridgehead atoms. The van der Waals surface area contributed by atoms with E-state index in [0.29, 0.717) is 11.1 Å². The first-order valence-corrected chi connectivity index (χ1v) is 5.66. The summed E-state index contributed by atoms with van der Waals surface area (Å²) in [5.41, 5.74) is 0.679. The quantitative estimate of drug-likeness (QED) is 0.575. The van der Waals surface area contributed by atoms with Crippen LogP contribution < -0.4 is 5.32 Å². The molecule has 1 heterocycles. The van der Waals surface area contributed by atoms with Crippen LogP contribution in [0.1, 0.15) is 22.8 Å². The summed E-state index contributed by atoms with van der Waals surface area (Å²) in [5, 5.41) is 11.1. The highest BCUT2D eigenvalue weighted by atomic mass is 16.5. The number of aromatic nitrogens is 1. The summed E-state index contributed by atoms with van der Waals surface area (Å²) in [5.74, 6) is 4.10. The number of aliphatic hydroxyl groups excluding tert-OH is 1. The van der Waals surface area contributed by atoms with Crippen LogP contribution in [0, 0.1) is 11.8 Å². The molecule has 0 aliphatic rings. The highest BCUT2D eigenvalue weighted by Crippen LogP contribution is 2.05. The Morgan fingerprint density at radius 2 is 2.32 bits per heavy atom. The van der Waals surface area contributed by atoms with Crippen molar-refractivity contribution in [2.75, 3.05) is 19.8 Å². The number of nitrogens with one attached hydrogen (secondary N) is 1. The Balaban J connectivity index is 2.74. The van der Waals surface area contributed by atoms with Crippen LogP contribution in [-0.2, 0) is 9.53 Å². The predicted octanol–water partition coefficient (Wildman–Crippen LogP) is -0.282. The summed E-state index contributed by atoms with van der Waals surface area (Å²) in [4.78, 5) is 26.8. The van der Waals surface area contributed by atoms with E-state index in [-0.39, 0.29) is 19.8 Å². The van der Waals surface area contributed by atoms with Crippen molar-refractivity contribution >= 4 is 11.9 Å². The van der Waals surface area contributed by atoms with Crippen molar-refractivity contribution in [1.29, 1.82) is 0 Å². The maximum atomic E-state index is 11.9. The van der Waals surface area contributed by atoms with Gasteiger partial charge in [0.1, 0.15) is 13.2 Å². The lowest BCUT2D eigenvalue weighted by molar-refractivity contribution is -0.141. The molecule has 0 spiro atoms. The Bertz CT molecular complexity index is 517. The average Bonchev–Trinajstić information content (AvgIpc) is 2.43. The Labute approximate surface area is 110 Å². The molecule has 6 heteroatoms. The molecule has 100 valence electrons. The number of esters is 1. The Morgan fingerprint density at radius 1 is 1.53 bits per heavy atom. The fourth-order valence-corrected chi connectivity index (χ4v) is 1.29. The zero-order chi connectivity index (χ0) is 14.1. The molecule has 1 rings (SSSR count). The Hall–Kier alpha value is -2.39. The molecule has 1 amide bonds. The van der Waals surface area contributed by atoms with Gasteiger partial charge in [-0.1, -0.05) is 11.8 Å². The Morgan fingerprint density at radius 3 is 3.00 bits per heavy atom. The first-order chi connectivity index (χ1) is 9.19. The van der Waals surface area contributed by atoms with Gasteiger partial charge in [0.15, 0.2) is 0 Å². The number of hydrogen-bond donors (Lipinski definition) is 2. The van der Waals surface area contributed by atoms with Crippen molar-refractivity contribution in [3.63, 3.8) is 0 Å². The van der Waals surface area contributed by atoms with Crippen molar-refractivity contribution in [3.8, 4) is 11.8 Å². The van der Waals surface area contributed by atoms with Crippen molar-refractivity contribution in [2.45, 2.75) is 6.92 Å². The summed E-state index contributed by atoms with van der Waals surface area (Å²) >= 11 is 0. The predicted molar refractivity (Wildman–Crippen MR) is 67.2 cm³/mol. The fraction of sp³-hybridized carbons (Fsp3) is 0.308. The van der Waals surface area contributed by atoms with Gasteiger partial charge < -0.3 is 15.2 Å². The normalized spacial score (nSPS) is 9.16. The lowest BCUT2D eigenvalue weighted by Gasteiger charge is -2.06. The first kappa shape index (κ1) is 14.7. The van der Waals surface area contributed by atoms with Gasteiger partial charge in [-0.25, -0.2) is 0 Å². The molecule has 0 saturated heterocycles. The van der Waals surface area contributed by atoms with Crippen LogP contribution in [0.4, 0.5) is 0 Å². The second-order valence-corrected chi connectivity index (χ2v) is 3.37. The molecule has 2 N–H and O–H groups in total. The van der Waals surface area contributed by atoms with Gasteiger partial charge in [-0.15, -0.1) is 0 Å². The van der Waals surface area contributed by atoms with Gasteiger partial charge in [-0.3, -0.25) is 14.6 Å². The molecular weight excluding hydrogens is 248 g/mol. The molecular formula is C13H14N2O4. The molecule has 0 aliphatic heterocycles. The van der Waals surface area contributed by atoms with Gasteiger partial charge >= 0.3 is 5.97 Å². The minimum Gasteiger partial charge on any atom is -0.465 e. The smallest absolute Gasteiger partial charge is 0.325 e. The molecule has 0 unspecified atom stereocenters. The second kappa shape index (κ2) is 7.84. The summed E-state index contributed by atoms with van der Waals surface area (Å²) in [6, 6.07) is 1.49. The highest BCUT2D eigenvalue weighted by Gasteiger charge is 2.11. The third kappa shape index (κ3) is 4.77. The molecule has 0 aliphatic carbocycles. The molecule has 19 heavy (non-hydrogen) atoms. The number of ether oxygens (including phenoxy) is 1. The van der Waals surface area contributed by atoms with Gasteiger partial charge in [0.05, 0.1) is 17.7 Å². The van der Waals surface area contributed by atoms with Gasteiger partial charge in [0.25, 0.3) is 5.91 Å². The lowest BCUT2D eigenvalue weighted by atomic mass is 10.1. The van der Waals surface area contributed by atoms with E-state index in [0.717, 1.165) is 0 Å². The SMILES string of the molecule is CCOC(=O)CNC(=O)c1ccncc1C#CCO. The van der Waals surface area contributed by atoms with E-state index in [1.807, 2.05) is 0 Å².